The van der Waals surface area contributed by atoms with Crippen LogP contribution in [-0.4, -0.2) is 104 Å². The van der Waals surface area contributed by atoms with Crippen molar-refractivity contribution in [3.63, 3.8) is 0 Å². The summed E-state index contributed by atoms with van der Waals surface area (Å²) in [7, 11) is 4.35. The maximum absolute atomic E-state index is 13.1. The molecule has 176 valence electrons. The molecule has 3 heterocycles. The zero-order valence-corrected chi connectivity index (χ0v) is 21.3. The molecule has 0 aromatic heterocycles. The molecule has 1 atom stereocenters. The molecule has 3 fully saturated rings. The number of halogens is 4. The summed E-state index contributed by atoms with van der Waals surface area (Å²) >= 11 is 0. The van der Waals surface area contributed by atoms with Crippen LogP contribution in [0.4, 0.5) is 0 Å². The molecule has 3 saturated heterocycles. The van der Waals surface area contributed by atoms with Crippen molar-refractivity contribution >= 4 is 55.5 Å². The molecule has 2 N–H and O–H groups in total. The van der Waals surface area contributed by atoms with Gasteiger partial charge in [-0.25, -0.2) is 0 Å². The minimum atomic E-state index is -0.711. The third-order valence-electron chi connectivity index (χ3n) is 6.83. The summed E-state index contributed by atoms with van der Waals surface area (Å²) in [4.78, 5) is 22.5. The summed E-state index contributed by atoms with van der Waals surface area (Å²) in [5, 5.41) is 0. The average molecular weight is 497 g/mol. The molecule has 3 rings (SSSR count). The van der Waals surface area contributed by atoms with Crippen molar-refractivity contribution in [3.05, 3.63) is 0 Å². The predicted molar refractivity (Wildman–Crippen MR) is 130 cm³/mol. The van der Waals surface area contributed by atoms with Crippen LogP contribution in [0.2, 0.25) is 0 Å². The van der Waals surface area contributed by atoms with Crippen molar-refractivity contribution in [3.8, 4) is 0 Å². The maximum atomic E-state index is 13.1. The highest BCUT2D eigenvalue weighted by Crippen LogP contribution is 2.28. The molecule has 1 amide bonds. The van der Waals surface area contributed by atoms with Gasteiger partial charge < -0.3 is 20.4 Å². The summed E-state index contributed by atoms with van der Waals surface area (Å²) in [6.07, 6.45) is 4.58. The molecule has 0 bridgehead atoms. The normalized spacial score (nSPS) is 24.9. The molecule has 10 heteroatoms. The molecule has 29 heavy (non-hydrogen) atoms. The standard InChI is InChI=1S/C19H37N5O.4ClH/c1-19(20,16-4-8-21(2)9-5-16)18(25)24-14-12-23(13-15-24)17-6-10-22(3)11-7-17;;;;/h16-17H,4-15,20H2,1-3H3;4*1H/t19-;;;;/m0..../s1. The number of hydrogen-bond donors (Lipinski definition) is 1. The first-order chi connectivity index (χ1) is 11.9. The lowest BCUT2D eigenvalue weighted by Crippen LogP contribution is -2.63. The Labute approximate surface area is 201 Å². The van der Waals surface area contributed by atoms with Gasteiger partial charge in [-0.15, -0.1) is 49.6 Å². The van der Waals surface area contributed by atoms with Gasteiger partial charge >= 0.3 is 0 Å². The lowest BCUT2D eigenvalue weighted by Gasteiger charge is -2.45. The van der Waals surface area contributed by atoms with Gasteiger partial charge in [-0.05, 0) is 78.8 Å². The summed E-state index contributed by atoms with van der Waals surface area (Å²) in [5.41, 5.74) is 5.86. The number of nitrogens with zero attached hydrogens (tertiary/aromatic N) is 4. The number of carbonyl (C=O) groups excluding carboxylic acids is 1. The quantitative estimate of drug-likeness (QED) is 0.647. The molecule has 6 nitrogen and oxygen atoms in total. The molecular formula is C19H41Cl4N5O. The van der Waals surface area contributed by atoms with Crippen LogP contribution >= 0.6 is 49.6 Å². The predicted octanol–water partition coefficient (Wildman–Crippen LogP) is 1.97. The van der Waals surface area contributed by atoms with Crippen LogP contribution in [0.5, 0.6) is 0 Å². The summed E-state index contributed by atoms with van der Waals surface area (Å²) in [6, 6.07) is 0.701. The van der Waals surface area contributed by atoms with Gasteiger partial charge in [0.25, 0.3) is 0 Å². The van der Waals surface area contributed by atoms with E-state index in [1.165, 1.54) is 25.9 Å². The third kappa shape index (κ3) is 7.83. The number of likely N-dealkylation sites (tertiary alicyclic amines) is 2. The number of rotatable bonds is 3. The number of amides is 1. The molecule has 0 aromatic rings. The number of hydrogen-bond acceptors (Lipinski definition) is 5. The van der Waals surface area contributed by atoms with E-state index < -0.39 is 5.54 Å². The van der Waals surface area contributed by atoms with Gasteiger partial charge in [-0.3, -0.25) is 9.69 Å². The maximum Gasteiger partial charge on any atom is 0.242 e. The number of carbonyl (C=O) groups is 1. The molecule has 0 radical (unpaired) electrons. The van der Waals surface area contributed by atoms with Crippen LogP contribution in [0, 0.1) is 5.92 Å². The highest BCUT2D eigenvalue weighted by Gasteiger charge is 2.42. The van der Waals surface area contributed by atoms with Gasteiger partial charge in [0, 0.05) is 32.2 Å². The Hall–Kier alpha value is 0.470. The first kappa shape index (κ1) is 31.7. The third-order valence-corrected chi connectivity index (χ3v) is 6.83. The first-order valence-electron chi connectivity index (χ1n) is 10.1. The Bertz CT molecular complexity index is 462. The molecule has 3 aliphatic rings. The zero-order chi connectivity index (χ0) is 18.0. The van der Waals surface area contributed by atoms with E-state index in [2.05, 4.69) is 28.8 Å². The minimum absolute atomic E-state index is 0. The molecule has 0 aromatic carbocycles. The minimum Gasteiger partial charge on any atom is -0.339 e. The van der Waals surface area contributed by atoms with Crippen LogP contribution in [0.3, 0.4) is 0 Å². The van der Waals surface area contributed by atoms with Crippen LogP contribution in [0.15, 0.2) is 0 Å². The summed E-state index contributed by atoms with van der Waals surface area (Å²) in [5.74, 6) is 0.480. The molecular weight excluding hydrogens is 456 g/mol. The fourth-order valence-electron chi connectivity index (χ4n) is 4.77. The van der Waals surface area contributed by atoms with Crippen molar-refractivity contribution < 1.29 is 4.79 Å². The number of nitrogens with two attached hydrogens (primary N) is 1. The van der Waals surface area contributed by atoms with Gasteiger partial charge in [0.05, 0.1) is 5.54 Å². The van der Waals surface area contributed by atoms with Crippen LogP contribution in [0.1, 0.15) is 32.6 Å². The van der Waals surface area contributed by atoms with E-state index in [0.717, 1.165) is 52.1 Å². The second kappa shape index (κ2) is 13.8. The fourth-order valence-corrected chi connectivity index (χ4v) is 4.77. The largest absolute Gasteiger partial charge is 0.339 e. The highest BCUT2D eigenvalue weighted by molar-refractivity contribution is 5.86. The second-order valence-corrected chi connectivity index (χ2v) is 8.72. The van der Waals surface area contributed by atoms with Crippen molar-refractivity contribution in [1.82, 2.24) is 19.6 Å². The number of piperazine rings is 1. The van der Waals surface area contributed by atoms with Crippen molar-refractivity contribution in [2.45, 2.75) is 44.2 Å². The smallest absolute Gasteiger partial charge is 0.242 e. The van der Waals surface area contributed by atoms with E-state index >= 15 is 0 Å². The zero-order valence-electron chi connectivity index (χ0n) is 18.0. The van der Waals surface area contributed by atoms with Crippen molar-refractivity contribution in [2.24, 2.45) is 11.7 Å². The van der Waals surface area contributed by atoms with Gasteiger partial charge in [0.1, 0.15) is 0 Å². The van der Waals surface area contributed by atoms with Crippen molar-refractivity contribution in [2.75, 3.05) is 66.5 Å². The Balaban J connectivity index is 0. The summed E-state index contributed by atoms with van der Waals surface area (Å²) < 4.78 is 0. The van der Waals surface area contributed by atoms with E-state index in [4.69, 9.17) is 5.73 Å². The Kier molecular flexibility index (Phi) is 15.1. The SMILES string of the molecule is CN1CCC(N2CCN(C(=O)[C@@](C)(N)C3CCN(C)CC3)CC2)CC1.Cl.Cl.Cl.Cl. The lowest BCUT2D eigenvalue weighted by molar-refractivity contribution is -0.141. The monoisotopic (exact) mass is 495 g/mol. The lowest BCUT2D eigenvalue weighted by atomic mass is 9.78. The molecule has 0 saturated carbocycles. The summed E-state index contributed by atoms with van der Waals surface area (Å²) in [6.45, 7) is 10.1. The topological polar surface area (TPSA) is 56.1 Å². The van der Waals surface area contributed by atoms with E-state index in [9.17, 15) is 4.79 Å². The van der Waals surface area contributed by atoms with Gasteiger partial charge in [-0.1, -0.05) is 0 Å². The second-order valence-electron chi connectivity index (χ2n) is 8.72. The molecule has 0 spiro atoms. The van der Waals surface area contributed by atoms with Gasteiger partial charge in [0.2, 0.25) is 5.91 Å². The molecule has 0 unspecified atom stereocenters. The van der Waals surface area contributed by atoms with E-state index in [0.29, 0.717) is 12.0 Å². The average Bonchev–Trinajstić information content (AvgIpc) is 2.62. The highest BCUT2D eigenvalue weighted by atomic mass is 35.5. The first-order valence-corrected chi connectivity index (χ1v) is 10.1. The van der Waals surface area contributed by atoms with Crippen LogP contribution < -0.4 is 5.73 Å². The van der Waals surface area contributed by atoms with Crippen LogP contribution in [-0.2, 0) is 4.79 Å². The van der Waals surface area contributed by atoms with Crippen molar-refractivity contribution in [1.29, 1.82) is 0 Å². The van der Waals surface area contributed by atoms with Crippen LogP contribution in [0.25, 0.3) is 0 Å². The number of piperidine rings is 2. The van der Waals surface area contributed by atoms with Gasteiger partial charge in [-0.2, -0.15) is 0 Å². The van der Waals surface area contributed by atoms with E-state index in [1.54, 1.807) is 0 Å². The fraction of sp³-hybridized carbons (Fsp3) is 0.947. The van der Waals surface area contributed by atoms with E-state index in [-0.39, 0.29) is 55.5 Å². The Morgan fingerprint density at radius 2 is 1.17 bits per heavy atom. The Morgan fingerprint density at radius 1 is 0.759 bits per heavy atom. The molecule has 0 aliphatic carbocycles. The van der Waals surface area contributed by atoms with E-state index in [1.807, 2.05) is 11.8 Å². The van der Waals surface area contributed by atoms with Gasteiger partial charge in [0.15, 0.2) is 0 Å². The Morgan fingerprint density at radius 3 is 1.62 bits per heavy atom. The molecule has 3 aliphatic heterocycles.